The van der Waals surface area contributed by atoms with Gasteiger partial charge in [0.1, 0.15) is 0 Å². The quantitative estimate of drug-likeness (QED) is 0.122. The predicted octanol–water partition coefficient (Wildman–Crippen LogP) is 6.22. The zero-order chi connectivity index (χ0) is 28.4. The Morgan fingerprint density at radius 1 is 0.949 bits per heavy atom. The van der Waals surface area contributed by atoms with Crippen molar-refractivity contribution in [2.45, 2.75) is 55.5 Å². The zero-order valence-electron chi connectivity index (χ0n) is 21.8. The fraction of sp³-hybridized carbons (Fsp3) is 0.393. The van der Waals surface area contributed by atoms with Crippen LogP contribution in [0.5, 0.6) is 0 Å². The third kappa shape index (κ3) is 8.27. The van der Waals surface area contributed by atoms with Crippen LogP contribution in [0.25, 0.3) is 10.2 Å². The molecule has 3 rings (SSSR count). The normalized spacial score (nSPS) is 12.6. The number of fused-ring (bicyclic) bond motifs is 1. The second kappa shape index (κ2) is 14.6. The highest BCUT2D eigenvalue weighted by Crippen LogP contribution is 2.46. The number of thiazole rings is 1. The van der Waals surface area contributed by atoms with Gasteiger partial charge < -0.3 is 19.7 Å². The maximum Gasteiger partial charge on any atom is 0.336 e. The van der Waals surface area contributed by atoms with Gasteiger partial charge in [-0.1, -0.05) is 56.7 Å². The summed E-state index contributed by atoms with van der Waals surface area (Å²) in [6.07, 6.45) is 2.57. The van der Waals surface area contributed by atoms with Crippen molar-refractivity contribution in [3.05, 3.63) is 59.2 Å². The van der Waals surface area contributed by atoms with Gasteiger partial charge in [-0.05, 0) is 42.7 Å². The van der Waals surface area contributed by atoms with Crippen LogP contribution in [0.15, 0.2) is 46.8 Å². The number of carboxylic acids is 2. The Bertz CT molecular complexity index is 1290. The van der Waals surface area contributed by atoms with Gasteiger partial charge >= 0.3 is 23.9 Å². The third-order valence-corrected chi connectivity index (χ3v) is 8.40. The molecule has 2 N–H and O–H groups in total. The van der Waals surface area contributed by atoms with Gasteiger partial charge in [-0.15, -0.1) is 11.3 Å². The average Bonchev–Trinajstić information content (AvgIpc) is 3.33. The Balaban J connectivity index is 2.10. The number of hydrogen-bond donors (Lipinski definition) is 2. The number of para-hydroxylation sites is 1. The van der Waals surface area contributed by atoms with Crippen LogP contribution in [0, 0.1) is 5.92 Å². The number of rotatable bonds is 15. The average molecular weight is 574 g/mol. The van der Waals surface area contributed by atoms with E-state index < -0.39 is 35.0 Å². The van der Waals surface area contributed by atoms with E-state index in [9.17, 15) is 29.4 Å². The van der Waals surface area contributed by atoms with E-state index in [1.807, 2.05) is 38.1 Å². The Kier molecular flexibility index (Phi) is 11.3. The number of esters is 2. The number of benzene rings is 2. The van der Waals surface area contributed by atoms with E-state index in [0.29, 0.717) is 17.2 Å². The second-order valence-electron chi connectivity index (χ2n) is 8.80. The lowest BCUT2D eigenvalue weighted by Gasteiger charge is -2.26. The first-order chi connectivity index (χ1) is 18.7. The summed E-state index contributed by atoms with van der Waals surface area (Å²) in [6, 6.07) is 11.2. The molecule has 0 aliphatic rings. The SMILES string of the molecule is CCCCOC(=O)CC(C(=O)OCCCC)C(Sc1nc2ccccc2s1)c1ccc(C(=O)O)cc1C(=O)O. The van der Waals surface area contributed by atoms with Crippen molar-refractivity contribution in [3.63, 3.8) is 0 Å². The maximum absolute atomic E-state index is 13.4. The molecule has 9 nitrogen and oxygen atoms in total. The molecule has 0 amide bonds. The predicted molar refractivity (Wildman–Crippen MR) is 148 cm³/mol. The van der Waals surface area contributed by atoms with Crippen molar-refractivity contribution in [2.75, 3.05) is 13.2 Å². The molecule has 1 heterocycles. The van der Waals surface area contributed by atoms with Crippen LogP contribution in [0.4, 0.5) is 0 Å². The first-order valence-electron chi connectivity index (χ1n) is 12.7. The van der Waals surface area contributed by atoms with Crippen LogP contribution >= 0.6 is 23.1 Å². The van der Waals surface area contributed by atoms with Crippen molar-refractivity contribution in [1.82, 2.24) is 4.98 Å². The van der Waals surface area contributed by atoms with Crippen LogP contribution in [0.1, 0.15) is 77.5 Å². The fourth-order valence-corrected chi connectivity index (χ4v) is 6.34. The van der Waals surface area contributed by atoms with Gasteiger partial charge in [0.15, 0.2) is 4.34 Å². The minimum absolute atomic E-state index is 0.152. The molecule has 0 aliphatic heterocycles. The fourth-order valence-electron chi connectivity index (χ4n) is 3.80. The van der Waals surface area contributed by atoms with Crippen LogP contribution in [0.3, 0.4) is 0 Å². The smallest absolute Gasteiger partial charge is 0.336 e. The van der Waals surface area contributed by atoms with E-state index in [1.54, 1.807) is 0 Å². The summed E-state index contributed by atoms with van der Waals surface area (Å²) in [6.45, 7) is 4.27. The minimum Gasteiger partial charge on any atom is -0.478 e. The van der Waals surface area contributed by atoms with E-state index in [4.69, 9.17) is 9.47 Å². The van der Waals surface area contributed by atoms with Gasteiger partial charge in [0.2, 0.25) is 0 Å². The standard InChI is InChI=1S/C28H31NO8S2/c1-3-5-13-36-23(30)16-20(27(35)37-14-6-4-2)24(39-28-29-21-9-7-8-10-22(21)38-28)18-12-11-17(25(31)32)15-19(18)26(33)34/h7-12,15,20,24H,3-6,13-14,16H2,1-2H3,(H,31,32)(H,33,34). The molecule has 0 radical (unpaired) electrons. The number of carbonyl (C=O) groups excluding carboxylic acids is 2. The molecule has 0 aliphatic carbocycles. The lowest BCUT2D eigenvalue weighted by atomic mass is 9.91. The molecule has 0 saturated heterocycles. The maximum atomic E-state index is 13.4. The number of thioether (sulfide) groups is 1. The molecule has 2 aromatic carbocycles. The second-order valence-corrected chi connectivity index (χ2v) is 11.2. The molecule has 3 aromatic rings. The number of ether oxygens (including phenoxy) is 2. The van der Waals surface area contributed by atoms with Gasteiger partial charge in [0, 0.05) is 0 Å². The summed E-state index contributed by atoms with van der Waals surface area (Å²) >= 11 is 2.52. The molecule has 39 heavy (non-hydrogen) atoms. The summed E-state index contributed by atoms with van der Waals surface area (Å²) in [4.78, 5) is 54.7. The number of aromatic nitrogens is 1. The van der Waals surface area contributed by atoms with E-state index >= 15 is 0 Å². The van der Waals surface area contributed by atoms with Crippen molar-refractivity contribution < 1.29 is 38.9 Å². The number of hydrogen-bond acceptors (Lipinski definition) is 9. The summed E-state index contributed by atoms with van der Waals surface area (Å²) in [7, 11) is 0. The summed E-state index contributed by atoms with van der Waals surface area (Å²) in [5.41, 5.74) is 0.445. The largest absolute Gasteiger partial charge is 0.478 e. The van der Waals surface area contributed by atoms with E-state index in [1.165, 1.54) is 23.5 Å². The lowest BCUT2D eigenvalue weighted by Crippen LogP contribution is -2.28. The van der Waals surface area contributed by atoms with Crippen molar-refractivity contribution >= 4 is 57.2 Å². The van der Waals surface area contributed by atoms with Gasteiger partial charge in [-0.3, -0.25) is 9.59 Å². The number of aromatic carboxylic acids is 2. The molecule has 0 spiro atoms. The van der Waals surface area contributed by atoms with Gasteiger partial charge in [0.25, 0.3) is 0 Å². The lowest BCUT2D eigenvalue weighted by molar-refractivity contribution is -0.155. The minimum atomic E-state index is -1.35. The number of carboxylic acid groups (broad SMARTS) is 2. The molecule has 0 bridgehead atoms. The monoisotopic (exact) mass is 573 g/mol. The molecule has 2 unspecified atom stereocenters. The molecule has 1 aromatic heterocycles. The van der Waals surface area contributed by atoms with Crippen LogP contribution < -0.4 is 0 Å². The summed E-state index contributed by atoms with van der Waals surface area (Å²) in [5.74, 6) is -5.01. The molecule has 11 heteroatoms. The van der Waals surface area contributed by atoms with Crippen LogP contribution in [0.2, 0.25) is 0 Å². The zero-order valence-corrected chi connectivity index (χ0v) is 23.4. The highest BCUT2D eigenvalue weighted by atomic mass is 32.2. The van der Waals surface area contributed by atoms with Gasteiger partial charge in [-0.25, -0.2) is 14.6 Å². The molecule has 208 valence electrons. The Morgan fingerprint density at radius 2 is 1.64 bits per heavy atom. The van der Waals surface area contributed by atoms with E-state index in [-0.39, 0.29) is 36.3 Å². The topological polar surface area (TPSA) is 140 Å². The van der Waals surface area contributed by atoms with E-state index in [2.05, 4.69) is 4.98 Å². The highest BCUT2D eigenvalue weighted by molar-refractivity contribution is 8.01. The molecular weight excluding hydrogens is 542 g/mol. The van der Waals surface area contributed by atoms with Crippen molar-refractivity contribution in [3.8, 4) is 0 Å². The number of carbonyl (C=O) groups is 4. The first kappa shape index (κ1) is 30.1. The number of unbranched alkanes of at least 4 members (excludes halogenated alkanes) is 2. The molecule has 2 atom stereocenters. The van der Waals surface area contributed by atoms with Gasteiger partial charge in [-0.2, -0.15) is 0 Å². The molecule has 0 saturated carbocycles. The summed E-state index contributed by atoms with van der Waals surface area (Å²) in [5, 5.41) is 18.5. The van der Waals surface area contributed by atoms with E-state index in [0.717, 1.165) is 40.9 Å². The molecule has 0 fully saturated rings. The Hall–Kier alpha value is -3.44. The first-order valence-corrected chi connectivity index (χ1v) is 14.4. The highest BCUT2D eigenvalue weighted by Gasteiger charge is 2.37. The number of nitrogens with zero attached hydrogens (tertiary/aromatic N) is 1. The van der Waals surface area contributed by atoms with Crippen molar-refractivity contribution in [2.24, 2.45) is 5.92 Å². The van der Waals surface area contributed by atoms with Crippen LogP contribution in [-0.4, -0.2) is 52.3 Å². The third-order valence-electron chi connectivity index (χ3n) is 5.90. The van der Waals surface area contributed by atoms with Gasteiger partial charge in [0.05, 0.1) is 52.1 Å². The Labute approximate surface area is 234 Å². The van der Waals surface area contributed by atoms with Crippen LogP contribution in [-0.2, 0) is 19.1 Å². The molecular formula is C28H31NO8S2. The Morgan fingerprint density at radius 3 is 2.28 bits per heavy atom. The summed E-state index contributed by atoms with van der Waals surface area (Å²) < 4.78 is 12.3. The van der Waals surface area contributed by atoms with Crippen molar-refractivity contribution in [1.29, 1.82) is 0 Å².